The second kappa shape index (κ2) is 4.02. The molecular formula is C8H12NO4+. The predicted molar refractivity (Wildman–Crippen MR) is 44.4 cm³/mol. The fourth-order valence-electron chi connectivity index (χ4n) is 1.54. The molecule has 0 aromatic rings. The normalized spacial score (nSPS) is 16.8. The first kappa shape index (κ1) is 9.70. The molecule has 1 aliphatic carbocycles. The molecule has 72 valence electrons. The number of nitrogens with zero attached hydrogens (tertiary/aromatic N) is 1. The maximum atomic E-state index is 10.6. The first-order valence-electron chi connectivity index (χ1n) is 4.23. The van der Waals surface area contributed by atoms with Crippen molar-refractivity contribution in [2.24, 2.45) is 0 Å². The molecule has 2 amide bonds. The minimum absolute atomic E-state index is 0.444. The van der Waals surface area contributed by atoms with Crippen LogP contribution in [0.4, 0.5) is 9.59 Å². The molecule has 0 aromatic carbocycles. The number of hydrogen-bond donors (Lipinski definition) is 2. The minimum Gasteiger partial charge on any atom is -0.427 e. The van der Waals surface area contributed by atoms with Crippen LogP contribution in [-0.2, 0) is 0 Å². The summed E-state index contributed by atoms with van der Waals surface area (Å²) in [7, 11) is 0. The highest BCUT2D eigenvalue weighted by atomic mass is 16.4. The van der Waals surface area contributed by atoms with Gasteiger partial charge in [-0.25, -0.2) is 0 Å². The van der Waals surface area contributed by atoms with Crippen LogP contribution in [0.1, 0.15) is 32.1 Å². The Morgan fingerprint density at radius 1 is 1.00 bits per heavy atom. The Hall–Kier alpha value is -1.39. The van der Waals surface area contributed by atoms with Crippen LogP contribution in [0.5, 0.6) is 0 Å². The number of rotatable bonds is 0. The summed E-state index contributed by atoms with van der Waals surface area (Å²) in [6, 6.07) is 0. The first-order valence-corrected chi connectivity index (χ1v) is 4.23. The summed E-state index contributed by atoms with van der Waals surface area (Å²) in [5, 5.41) is 17.2. The van der Waals surface area contributed by atoms with Crippen molar-refractivity contribution in [2.45, 2.75) is 32.1 Å². The SMILES string of the molecule is O=C(O)[N+](C(=O)O)=C1CCCCC1. The van der Waals surface area contributed by atoms with E-state index in [9.17, 15) is 9.59 Å². The van der Waals surface area contributed by atoms with Crippen molar-refractivity contribution in [1.29, 1.82) is 0 Å². The molecule has 5 heteroatoms. The Kier molecular flexibility index (Phi) is 3.00. The molecule has 1 rings (SSSR count). The lowest BCUT2D eigenvalue weighted by Gasteiger charge is -2.08. The Bertz CT molecular complexity index is 245. The molecule has 2 N–H and O–H groups in total. The van der Waals surface area contributed by atoms with Crippen LogP contribution in [-0.4, -0.2) is 32.7 Å². The Balaban J connectivity index is 2.93. The molecular weight excluding hydrogens is 174 g/mol. The van der Waals surface area contributed by atoms with Crippen LogP contribution in [0.25, 0.3) is 0 Å². The lowest BCUT2D eigenvalue weighted by molar-refractivity contribution is -0.365. The van der Waals surface area contributed by atoms with Crippen molar-refractivity contribution in [3.05, 3.63) is 0 Å². The summed E-state index contributed by atoms with van der Waals surface area (Å²) in [6.07, 6.45) is 1.18. The van der Waals surface area contributed by atoms with Crippen LogP contribution < -0.4 is 0 Å². The third kappa shape index (κ3) is 2.27. The fraction of sp³-hybridized carbons (Fsp3) is 0.625. The van der Waals surface area contributed by atoms with Gasteiger partial charge in [0.2, 0.25) is 0 Å². The average Bonchev–Trinajstić information content (AvgIpc) is 2.04. The molecule has 1 aliphatic rings. The van der Waals surface area contributed by atoms with E-state index in [1.54, 1.807) is 0 Å². The van der Waals surface area contributed by atoms with E-state index < -0.39 is 12.2 Å². The van der Waals surface area contributed by atoms with E-state index in [4.69, 9.17) is 10.2 Å². The standard InChI is InChI=1S/C8H11NO4/c10-7(11)9(8(12)13)6-4-2-1-3-5-6/h1-5H2,(H-,10,11,12,13)/p+1. The third-order valence-corrected chi connectivity index (χ3v) is 2.13. The Morgan fingerprint density at radius 2 is 1.46 bits per heavy atom. The Labute approximate surface area is 75.3 Å². The van der Waals surface area contributed by atoms with Gasteiger partial charge in [-0.1, -0.05) is 6.42 Å². The summed E-state index contributed by atoms with van der Waals surface area (Å²) in [5.74, 6) is 0. The van der Waals surface area contributed by atoms with Gasteiger partial charge in [-0.2, -0.15) is 9.59 Å². The molecule has 0 radical (unpaired) electrons. The van der Waals surface area contributed by atoms with Crippen molar-refractivity contribution in [3.63, 3.8) is 0 Å². The monoisotopic (exact) mass is 186 g/mol. The first-order chi connectivity index (χ1) is 6.13. The molecule has 0 saturated heterocycles. The zero-order chi connectivity index (χ0) is 9.84. The number of imide groups is 1. The Morgan fingerprint density at radius 3 is 1.85 bits per heavy atom. The molecule has 1 saturated carbocycles. The number of carboxylic acid groups (broad SMARTS) is 2. The van der Waals surface area contributed by atoms with Crippen molar-refractivity contribution < 1.29 is 24.4 Å². The van der Waals surface area contributed by atoms with Gasteiger partial charge < -0.3 is 10.2 Å². The molecule has 0 spiro atoms. The summed E-state index contributed by atoms with van der Waals surface area (Å²) in [6.45, 7) is 0. The highest BCUT2D eigenvalue weighted by Crippen LogP contribution is 2.14. The zero-order valence-corrected chi connectivity index (χ0v) is 7.19. The van der Waals surface area contributed by atoms with E-state index in [0.717, 1.165) is 19.3 Å². The molecule has 0 aromatic heterocycles. The van der Waals surface area contributed by atoms with Gasteiger partial charge in [-0.3, -0.25) is 0 Å². The van der Waals surface area contributed by atoms with Crippen LogP contribution in [0.2, 0.25) is 0 Å². The van der Waals surface area contributed by atoms with Gasteiger partial charge in [-0.15, -0.1) is 0 Å². The van der Waals surface area contributed by atoms with E-state index in [-0.39, 0.29) is 0 Å². The van der Waals surface area contributed by atoms with Crippen molar-refractivity contribution in [2.75, 3.05) is 0 Å². The molecule has 0 atom stereocenters. The molecule has 0 unspecified atom stereocenters. The third-order valence-electron chi connectivity index (χ3n) is 2.13. The van der Waals surface area contributed by atoms with E-state index in [2.05, 4.69) is 0 Å². The van der Waals surface area contributed by atoms with Crippen molar-refractivity contribution in [3.8, 4) is 0 Å². The van der Waals surface area contributed by atoms with Crippen LogP contribution >= 0.6 is 0 Å². The van der Waals surface area contributed by atoms with Gasteiger partial charge in [0, 0.05) is 12.8 Å². The number of carbonyl (C=O) groups is 2. The summed E-state index contributed by atoms with van der Waals surface area (Å²) in [4.78, 5) is 21.1. The van der Waals surface area contributed by atoms with Crippen LogP contribution in [0, 0.1) is 0 Å². The maximum Gasteiger partial charge on any atom is 0.605 e. The molecule has 5 nitrogen and oxygen atoms in total. The quantitative estimate of drug-likeness (QED) is 0.565. The number of hydrogen-bond acceptors (Lipinski definition) is 2. The molecule has 0 bridgehead atoms. The summed E-state index contributed by atoms with van der Waals surface area (Å²) < 4.78 is 0.444. The summed E-state index contributed by atoms with van der Waals surface area (Å²) >= 11 is 0. The van der Waals surface area contributed by atoms with Gasteiger partial charge in [0.1, 0.15) is 0 Å². The fourth-order valence-corrected chi connectivity index (χ4v) is 1.54. The van der Waals surface area contributed by atoms with Gasteiger partial charge in [-0.05, 0) is 17.4 Å². The van der Waals surface area contributed by atoms with Gasteiger partial charge in [0.05, 0.1) is 0 Å². The topological polar surface area (TPSA) is 77.6 Å². The highest BCUT2D eigenvalue weighted by molar-refractivity contribution is 5.89. The van der Waals surface area contributed by atoms with Crippen LogP contribution in [0.15, 0.2) is 0 Å². The average molecular weight is 186 g/mol. The molecule has 0 aliphatic heterocycles. The van der Waals surface area contributed by atoms with E-state index >= 15 is 0 Å². The lowest BCUT2D eigenvalue weighted by atomic mass is 9.98. The predicted octanol–water partition coefficient (Wildman–Crippen LogP) is 1.76. The summed E-state index contributed by atoms with van der Waals surface area (Å²) in [5.41, 5.74) is 0.506. The zero-order valence-electron chi connectivity index (χ0n) is 7.19. The maximum absolute atomic E-state index is 10.6. The van der Waals surface area contributed by atoms with E-state index in [1.165, 1.54) is 0 Å². The van der Waals surface area contributed by atoms with Gasteiger partial charge in [0.25, 0.3) is 0 Å². The second-order valence-corrected chi connectivity index (χ2v) is 3.03. The lowest BCUT2D eigenvalue weighted by Crippen LogP contribution is -2.32. The molecule has 13 heavy (non-hydrogen) atoms. The smallest absolute Gasteiger partial charge is 0.427 e. The highest BCUT2D eigenvalue weighted by Gasteiger charge is 2.31. The van der Waals surface area contributed by atoms with Crippen LogP contribution in [0.3, 0.4) is 0 Å². The van der Waals surface area contributed by atoms with E-state index in [0.29, 0.717) is 23.1 Å². The number of amides is 2. The van der Waals surface area contributed by atoms with Gasteiger partial charge in [0.15, 0.2) is 5.71 Å². The van der Waals surface area contributed by atoms with Crippen molar-refractivity contribution >= 4 is 17.9 Å². The van der Waals surface area contributed by atoms with Gasteiger partial charge >= 0.3 is 12.2 Å². The largest absolute Gasteiger partial charge is 0.605 e. The van der Waals surface area contributed by atoms with E-state index in [1.807, 2.05) is 0 Å². The minimum atomic E-state index is -1.40. The second-order valence-electron chi connectivity index (χ2n) is 3.03. The molecule has 1 fully saturated rings. The molecule has 0 heterocycles. The van der Waals surface area contributed by atoms with Crippen molar-refractivity contribution in [1.82, 2.24) is 0 Å².